The van der Waals surface area contributed by atoms with Gasteiger partial charge in [-0.05, 0) is 42.3 Å². The maximum absolute atomic E-state index is 14.1. The van der Waals surface area contributed by atoms with E-state index in [2.05, 4.69) is 0 Å². The Morgan fingerprint density at radius 1 is 1.00 bits per heavy atom. The quantitative estimate of drug-likeness (QED) is 0.453. The summed E-state index contributed by atoms with van der Waals surface area (Å²) in [6, 6.07) is 17.7. The van der Waals surface area contributed by atoms with Gasteiger partial charge in [-0.1, -0.05) is 36.4 Å². The molecule has 0 fully saturated rings. The second-order valence-corrected chi connectivity index (χ2v) is 8.04. The molecule has 6 nitrogen and oxygen atoms in total. The van der Waals surface area contributed by atoms with Crippen LogP contribution in [-0.2, 0) is 16.6 Å². The van der Waals surface area contributed by atoms with Crippen molar-refractivity contribution in [1.82, 2.24) is 0 Å². The van der Waals surface area contributed by atoms with Gasteiger partial charge in [0.05, 0.1) is 22.1 Å². The van der Waals surface area contributed by atoms with Gasteiger partial charge in [0.1, 0.15) is 5.82 Å². The average molecular weight is 400 g/mol. The van der Waals surface area contributed by atoms with Gasteiger partial charge in [0.15, 0.2) is 0 Å². The van der Waals surface area contributed by atoms with Crippen LogP contribution in [-0.4, -0.2) is 13.3 Å². The molecule has 0 heterocycles. The van der Waals surface area contributed by atoms with Gasteiger partial charge in [-0.2, -0.15) is 0 Å². The largest absolute Gasteiger partial charge is 0.269 e. The summed E-state index contributed by atoms with van der Waals surface area (Å²) in [5.41, 5.74) is 1.07. The van der Waals surface area contributed by atoms with Gasteiger partial charge in [-0.15, -0.1) is 0 Å². The molecule has 0 radical (unpaired) electrons. The Balaban J connectivity index is 2.08. The monoisotopic (exact) mass is 400 g/mol. The van der Waals surface area contributed by atoms with E-state index in [9.17, 15) is 22.9 Å². The minimum Gasteiger partial charge on any atom is -0.262 e. The van der Waals surface area contributed by atoms with Crippen molar-refractivity contribution in [2.45, 2.75) is 18.4 Å². The molecule has 0 aliphatic heterocycles. The molecule has 0 aromatic heterocycles. The minimum absolute atomic E-state index is 0.0112. The van der Waals surface area contributed by atoms with E-state index in [0.717, 1.165) is 16.4 Å². The van der Waals surface area contributed by atoms with Crippen LogP contribution >= 0.6 is 0 Å². The van der Waals surface area contributed by atoms with Gasteiger partial charge in [0, 0.05) is 12.1 Å². The highest BCUT2D eigenvalue weighted by Crippen LogP contribution is 2.28. The molecular weight excluding hydrogens is 383 g/mol. The second kappa shape index (κ2) is 7.77. The Hall–Kier alpha value is -3.26. The number of hydrogen-bond acceptors (Lipinski definition) is 4. The van der Waals surface area contributed by atoms with Crippen LogP contribution in [0.1, 0.15) is 11.1 Å². The number of nitro benzene ring substituents is 1. The van der Waals surface area contributed by atoms with Crippen molar-refractivity contribution in [2.75, 3.05) is 4.31 Å². The van der Waals surface area contributed by atoms with Crippen molar-refractivity contribution in [3.63, 3.8) is 0 Å². The summed E-state index contributed by atoms with van der Waals surface area (Å²) in [5.74, 6) is -0.519. The topological polar surface area (TPSA) is 80.5 Å². The molecule has 144 valence electrons. The van der Waals surface area contributed by atoms with E-state index in [-0.39, 0.29) is 22.8 Å². The lowest BCUT2D eigenvalue weighted by Crippen LogP contribution is -2.30. The SMILES string of the molecule is Cc1ccc(N(Cc2ccccc2)S(=O)(=O)c2ccc([N+](=O)[O-])cc2)cc1F. The average Bonchev–Trinajstić information content (AvgIpc) is 2.69. The van der Waals surface area contributed by atoms with Crippen LogP contribution in [0.2, 0.25) is 0 Å². The number of sulfonamides is 1. The molecule has 0 bridgehead atoms. The molecule has 3 rings (SSSR count). The maximum atomic E-state index is 14.1. The van der Waals surface area contributed by atoms with Crippen molar-refractivity contribution < 1.29 is 17.7 Å². The van der Waals surface area contributed by atoms with Crippen LogP contribution in [0, 0.1) is 22.9 Å². The minimum atomic E-state index is -4.08. The van der Waals surface area contributed by atoms with Crippen molar-refractivity contribution in [1.29, 1.82) is 0 Å². The van der Waals surface area contributed by atoms with Crippen LogP contribution in [0.25, 0.3) is 0 Å². The van der Waals surface area contributed by atoms with Gasteiger partial charge in [0.25, 0.3) is 15.7 Å². The fraction of sp³-hybridized carbons (Fsp3) is 0.100. The highest BCUT2D eigenvalue weighted by atomic mass is 32.2. The Labute approximate surface area is 162 Å². The van der Waals surface area contributed by atoms with Crippen molar-refractivity contribution in [3.8, 4) is 0 Å². The molecule has 0 unspecified atom stereocenters. The molecule has 0 aliphatic carbocycles. The lowest BCUT2D eigenvalue weighted by molar-refractivity contribution is -0.384. The van der Waals surface area contributed by atoms with E-state index in [0.29, 0.717) is 11.1 Å². The summed E-state index contributed by atoms with van der Waals surface area (Å²) in [7, 11) is -4.08. The summed E-state index contributed by atoms with van der Waals surface area (Å²) in [5, 5.41) is 10.8. The fourth-order valence-corrected chi connectivity index (χ4v) is 4.11. The zero-order valence-electron chi connectivity index (χ0n) is 14.9. The number of hydrogen-bond donors (Lipinski definition) is 0. The molecule has 0 spiro atoms. The maximum Gasteiger partial charge on any atom is 0.269 e. The van der Waals surface area contributed by atoms with E-state index >= 15 is 0 Å². The lowest BCUT2D eigenvalue weighted by Gasteiger charge is -2.25. The first kappa shape index (κ1) is 19.5. The molecule has 0 N–H and O–H groups in total. The smallest absolute Gasteiger partial charge is 0.262 e. The number of nitrogens with zero attached hydrogens (tertiary/aromatic N) is 2. The number of nitro groups is 1. The number of halogens is 1. The van der Waals surface area contributed by atoms with Crippen LogP contribution in [0.15, 0.2) is 77.7 Å². The summed E-state index contributed by atoms with van der Waals surface area (Å²) < 4.78 is 41.7. The van der Waals surface area contributed by atoms with Crippen LogP contribution < -0.4 is 4.31 Å². The second-order valence-electron chi connectivity index (χ2n) is 6.18. The van der Waals surface area contributed by atoms with Gasteiger partial charge in [-0.25, -0.2) is 12.8 Å². The third-order valence-corrected chi connectivity index (χ3v) is 6.04. The predicted octanol–water partition coefficient (Wildman–Crippen LogP) is 4.44. The summed E-state index contributed by atoms with van der Waals surface area (Å²) >= 11 is 0. The molecule has 28 heavy (non-hydrogen) atoms. The number of aryl methyl sites for hydroxylation is 1. The molecule has 3 aromatic rings. The molecule has 8 heteroatoms. The summed E-state index contributed by atoms with van der Waals surface area (Å²) in [6.07, 6.45) is 0. The summed E-state index contributed by atoms with van der Waals surface area (Å²) in [4.78, 5) is 10.1. The highest BCUT2D eigenvalue weighted by molar-refractivity contribution is 7.92. The normalized spacial score (nSPS) is 11.2. The summed E-state index contributed by atoms with van der Waals surface area (Å²) in [6.45, 7) is 1.58. The third kappa shape index (κ3) is 4.01. The molecule has 3 aromatic carbocycles. The van der Waals surface area contributed by atoms with Crippen molar-refractivity contribution in [3.05, 3.63) is 99.9 Å². The van der Waals surface area contributed by atoms with E-state index in [1.54, 1.807) is 31.2 Å². The zero-order valence-corrected chi connectivity index (χ0v) is 15.8. The zero-order chi connectivity index (χ0) is 20.3. The molecule has 0 atom stereocenters. The Bertz CT molecular complexity index is 1100. The van der Waals surface area contributed by atoms with Crippen LogP contribution in [0.3, 0.4) is 0 Å². The number of non-ortho nitro benzene ring substituents is 1. The standard InChI is InChI=1S/C20H17FN2O4S/c1-15-7-8-18(13-20(15)21)22(14-16-5-3-2-4-6-16)28(26,27)19-11-9-17(10-12-19)23(24)25/h2-13H,14H2,1H3. The first-order valence-corrected chi connectivity index (χ1v) is 9.80. The van der Waals surface area contributed by atoms with Gasteiger partial charge in [-0.3, -0.25) is 14.4 Å². The molecule has 0 amide bonds. The van der Waals surface area contributed by atoms with Crippen molar-refractivity contribution >= 4 is 21.4 Å². The predicted molar refractivity (Wildman–Crippen MR) is 104 cm³/mol. The van der Waals surface area contributed by atoms with Gasteiger partial charge >= 0.3 is 0 Å². The number of rotatable bonds is 6. The van der Waals surface area contributed by atoms with Gasteiger partial charge in [0.2, 0.25) is 0 Å². The Morgan fingerprint density at radius 2 is 1.64 bits per heavy atom. The highest BCUT2D eigenvalue weighted by Gasteiger charge is 2.26. The molecule has 0 aliphatic rings. The molecular formula is C20H17FN2O4S. The first-order valence-electron chi connectivity index (χ1n) is 8.36. The Morgan fingerprint density at radius 3 is 2.21 bits per heavy atom. The van der Waals surface area contributed by atoms with E-state index < -0.39 is 20.8 Å². The molecule has 0 saturated heterocycles. The van der Waals surface area contributed by atoms with Crippen LogP contribution in [0.5, 0.6) is 0 Å². The van der Waals surface area contributed by atoms with Crippen LogP contribution in [0.4, 0.5) is 15.8 Å². The molecule has 0 saturated carbocycles. The Kier molecular flexibility index (Phi) is 5.41. The van der Waals surface area contributed by atoms with E-state index in [1.807, 2.05) is 6.07 Å². The lowest BCUT2D eigenvalue weighted by atomic mass is 10.2. The first-order chi connectivity index (χ1) is 13.3. The van der Waals surface area contributed by atoms with E-state index in [1.165, 1.54) is 30.3 Å². The van der Waals surface area contributed by atoms with Crippen molar-refractivity contribution in [2.24, 2.45) is 0 Å². The number of anilines is 1. The third-order valence-electron chi connectivity index (χ3n) is 4.25. The number of benzene rings is 3. The van der Waals surface area contributed by atoms with Gasteiger partial charge < -0.3 is 0 Å². The van der Waals surface area contributed by atoms with E-state index in [4.69, 9.17) is 0 Å². The fourth-order valence-electron chi connectivity index (χ4n) is 2.67.